The zero-order chi connectivity index (χ0) is 13.1. The molecule has 94 valence electrons. The molecule has 0 nitrogen and oxygen atoms in total. The average molecular weight is 372 g/mol. The van der Waals surface area contributed by atoms with Crippen molar-refractivity contribution in [2.45, 2.75) is 18.2 Å². The lowest BCUT2D eigenvalue weighted by Crippen LogP contribution is -2.00. The normalized spacial score (nSPS) is 12.4. The minimum atomic E-state index is -0.142. The minimum absolute atomic E-state index is 0.127. The molecule has 0 heterocycles. The SMILES string of the molecule is Cc1cc(Br)ccc1C(Br)Cc1ccccc1F. The molecule has 0 bridgehead atoms. The van der Waals surface area contributed by atoms with Gasteiger partial charge in [-0.15, -0.1) is 0 Å². The zero-order valence-electron chi connectivity index (χ0n) is 9.96. The standard InChI is InChI=1S/C15H13Br2F/c1-10-8-12(16)6-7-13(10)14(17)9-11-4-2-3-5-15(11)18/h2-8,14H,9H2,1H3. The maximum absolute atomic E-state index is 13.6. The average Bonchev–Trinajstić information content (AvgIpc) is 2.32. The van der Waals surface area contributed by atoms with E-state index in [-0.39, 0.29) is 10.6 Å². The number of rotatable bonds is 3. The summed E-state index contributed by atoms with van der Waals surface area (Å²) in [5.74, 6) is -0.142. The van der Waals surface area contributed by atoms with Crippen LogP contribution in [-0.2, 0) is 6.42 Å². The van der Waals surface area contributed by atoms with Crippen LogP contribution in [0.4, 0.5) is 4.39 Å². The van der Waals surface area contributed by atoms with Crippen molar-refractivity contribution < 1.29 is 4.39 Å². The van der Waals surface area contributed by atoms with Crippen LogP contribution in [0.5, 0.6) is 0 Å². The van der Waals surface area contributed by atoms with Crippen LogP contribution in [0.25, 0.3) is 0 Å². The lowest BCUT2D eigenvalue weighted by atomic mass is 10.0. The lowest BCUT2D eigenvalue weighted by Gasteiger charge is -2.14. The van der Waals surface area contributed by atoms with E-state index in [1.165, 1.54) is 17.2 Å². The van der Waals surface area contributed by atoms with Crippen LogP contribution < -0.4 is 0 Å². The predicted molar refractivity (Wildman–Crippen MR) is 80.7 cm³/mol. The molecule has 0 fully saturated rings. The van der Waals surface area contributed by atoms with Crippen LogP contribution >= 0.6 is 31.9 Å². The topological polar surface area (TPSA) is 0 Å². The molecule has 0 N–H and O–H groups in total. The Morgan fingerprint density at radius 3 is 2.56 bits per heavy atom. The van der Waals surface area contributed by atoms with Crippen molar-refractivity contribution in [1.29, 1.82) is 0 Å². The van der Waals surface area contributed by atoms with Gasteiger partial charge in [-0.05, 0) is 48.2 Å². The Balaban J connectivity index is 2.22. The second-order valence-corrected chi connectivity index (χ2v) is 6.28. The Labute approximate surface area is 123 Å². The van der Waals surface area contributed by atoms with E-state index < -0.39 is 0 Å². The minimum Gasteiger partial charge on any atom is -0.207 e. The summed E-state index contributed by atoms with van der Waals surface area (Å²) in [6, 6.07) is 13.1. The first-order chi connectivity index (χ1) is 8.58. The first kappa shape index (κ1) is 13.8. The third kappa shape index (κ3) is 3.21. The van der Waals surface area contributed by atoms with Gasteiger partial charge in [0, 0.05) is 9.30 Å². The Morgan fingerprint density at radius 1 is 1.17 bits per heavy atom. The van der Waals surface area contributed by atoms with E-state index >= 15 is 0 Å². The smallest absolute Gasteiger partial charge is 0.126 e. The third-order valence-electron chi connectivity index (χ3n) is 2.93. The number of hydrogen-bond acceptors (Lipinski definition) is 0. The summed E-state index contributed by atoms with van der Waals surface area (Å²) in [5, 5.41) is 0. The van der Waals surface area contributed by atoms with Gasteiger partial charge in [0.15, 0.2) is 0 Å². The summed E-state index contributed by atoms with van der Waals surface area (Å²) in [6.07, 6.45) is 0.648. The van der Waals surface area contributed by atoms with Crippen molar-refractivity contribution in [2.75, 3.05) is 0 Å². The maximum atomic E-state index is 13.6. The third-order valence-corrected chi connectivity index (χ3v) is 4.24. The molecule has 2 rings (SSSR count). The fourth-order valence-corrected chi connectivity index (χ4v) is 3.30. The summed E-state index contributed by atoms with van der Waals surface area (Å²) in [7, 11) is 0. The molecule has 0 aliphatic rings. The molecular weight excluding hydrogens is 359 g/mol. The molecule has 2 aromatic rings. The van der Waals surface area contributed by atoms with Crippen molar-refractivity contribution in [3.63, 3.8) is 0 Å². The molecule has 0 aliphatic carbocycles. The van der Waals surface area contributed by atoms with Crippen LogP contribution in [0.1, 0.15) is 21.5 Å². The van der Waals surface area contributed by atoms with Gasteiger partial charge in [0.2, 0.25) is 0 Å². The number of aryl methyl sites for hydroxylation is 1. The Kier molecular flexibility index (Phi) is 4.57. The van der Waals surface area contributed by atoms with E-state index in [0.29, 0.717) is 6.42 Å². The second-order valence-electron chi connectivity index (χ2n) is 4.26. The van der Waals surface area contributed by atoms with Gasteiger partial charge in [0.05, 0.1) is 0 Å². The Hall–Kier alpha value is -0.670. The molecule has 3 heteroatoms. The summed E-state index contributed by atoms with van der Waals surface area (Å²) < 4.78 is 14.7. The summed E-state index contributed by atoms with van der Waals surface area (Å²) in [6.45, 7) is 2.07. The quantitative estimate of drug-likeness (QED) is 0.618. The van der Waals surface area contributed by atoms with Gasteiger partial charge in [0.1, 0.15) is 5.82 Å². The first-order valence-electron chi connectivity index (χ1n) is 5.71. The molecule has 0 aliphatic heterocycles. The Morgan fingerprint density at radius 2 is 1.89 bits per heavy atom. The van der Waals surface area contributed by atoms with E-state index in [0.717, 1.165) is 10.0 Å². The van der Waals surface area contributed by atoms with E-state index in [1.807, 2.05) is 18.2 Å². The van der Waals surface area contributed by atoms with Gasteiger partial charge >= 0.3 is 0 Å². The van der Waals surface area contributed by atoms with Gasteiger partial charge in [-0.3, -0.25) is 0 Å². The highest BCUT2D eigenvalue weighted by Gasteiger charge is 2.13. The van der Waals surface area contributed by atoms with E-state index in [1.54, 1.807) is 6.07 Å². The molecule has 0 spiro atoms. The largest absolute Gasteiger partial charge is 0.207 e. The molecule has 0 saturated heterocycles. The number of halogens is 3. The highest BCUT2D eigenvalue weighted by molar-refractivity contribution is 9.10. The van der Waals surface area contributed by atoms with Crippen LogP contribution in [0.15, 0.2) is 46.9 Å². The fourth-order valence-electron chi connectivity index (χ4n) is 1.96. The van der Waals surface area contributed by atoms with E-state index in [9.17, 15) is 4.39 Å². The van der Waals surface area contributed by atoms with E-state index in [4.69, 9.17) is 0 Å². The molecule has 0 aromatic heterocycles. The van der Waals surface area contributed by atoms with Crippen molar-refractivity contribution >= 4 is 31.9 Å². The van der Waals surface area contributed by atoms with Crippen molar-refractivity contribution in [2.24, 2.45) is 0 Å². The van der Waals surface area contributed by atoms with Crippen molar-refractivity contribution in [1.82, 2.24) is 0 Å². The summed E-state index contributed by atoms with van der Waals surface area (Å²) in [4.78, 5) is 0.127. The summed E-state index contributed by atoms with van der Waals surface area (Å²) in [5.41, 5.74) is 3.13. The molecule has 1 unspecified atom stereocenters. The number of hydrogen-bond donors (Lipinski definition) is 0. The van der Waals surface area contributed by atoms with E-state index in [2.05, 4.69) is 50.9 Å². The van der Waals surface area contributed by atoms with Crippen molar-refractivity contribution in [3.05, 3.63) is 69.4 Å². The first-order valence-corrected chi connectivity index (χ1v) is 7.42. The maximum Gasteiger partial charge on any atom is 0.126 e. The molecule has 1 atom stereocenters. The molecule has 0 amide bonds. The number of benzene rings is 2. The highest BCUT2D eigenvalue weighted by atomic mass is 79.9. The van der Waals surface area contributed by atoms with Gasteiger partial charge in [-0.1, -0.05) is 56.1 Å². The number of alkyl halides is 1. The molecule has 18 heavy (non-hydrogen) atoms. The Bertz CT molecular complexity index is 552. The zero-order valence-corrected chi connectivity index (χ0v) is 13.1. The molecular formula is C15H13Br2F. The monoisotopic (exact) mass is 370 g/mol. The second kappa shape index (κ2) is 5.98. The lowest BCUT2D eigenvalue weighted by molar-refractivity contribution is 0.608. The highest BCUT2D eigenvalue weighted by Crippen LogP contribution is 2.31. The van der Waals surface area contributed by atoms with Crippen LogP contribution in [-0.4, -0.2) is 0 Å². The molecule has 0 radical (unpaired) electrons. The van der Waals surface area contributed by atoms with Crippen LogP contribution in [0.2, 0.25) is 0 Å². The predicted octanol–water partition coefficient (Wildman–Crippen LogP) is 5.58. The van der Waals surface area contributed by atoms with Crippen LogP contribution in [0, 0.1) is 12.7 Å². The molecule has 2 aromatic carbocycles. The molecule has 0 saturated carbocycles. The van der Waals surface area contributed by atoms with Gasteiger partial charge in [-0.2, -0.15) is 0 Å². The fraction of sp³-hybridized carbons (Fsp3) is 0.200. The van der Waals surface area contributed by atoms with Gasteiger partial charge < -0.3 is 0 Å². The van der Waals surface area contributed by atoms with Crippen LogP contribution in [0.3, 0.4) is 0 Å². The van der Waals surface area contributed by atoms with Crippen molar-refractivity contribution in [3.8, 4) is 0 Å². The summed E-state index contributed by atoms with van der Waals surface area (Å²) >= 11 is 7.10. The van der Waals surface area contributed by atoms with Gasteiger partial charge in [0.25, 0.3) is 0 Å². The van der Waals surface area contributed by atoms with Gasteiger partial charge in [-0.25, -0.2) is 4.39 Å².